The van der Waals surface area contributed by atoms with Gasteiger partial charge in [0.1, 0.15) is 6.54 Å². The van der Waals surface area contributed by atoms with Crippen LogP contribution in [0, 0.1) is 10.5 Å². The van der Waals surface area contributed by atoms with E-state index in [1.165, 1.54) is 7.11 Å². The van der Waals surface area contributed by atoms with E-state index < -0.39 is 29.6 Å². The molecule has 9 nitrogen and oxygen atoms in total. The third kappa shape index (κ3) is 6.98. The highest BCUT2D eigenvalue weighted by atomic mass is 127. The second-order valence-corrected chi connectivity index (χ2v) is 9.47. The Kier molecular flexibility index (Phi) is 9.15. The molecule has 0 radical (unpaired) electrons. The fourth-order valence-electron chi connectivity index (χ4n) is 3.12. The van der Waals surface area contributed by atoms with Gasteiger partial charge in [0.05, 0.1) is 22.2 Å². The molecule has 1 aliphatic heterocycles. The lowest BCUT2D eigenvalue weighted by Crippen LogP contribution is -2.36. The zero-order chi connectivity index (χ0) is 25.5. The number of nitrogens with one attached hydrogen (secondary N) is 1. The molecule has 2 aromatic rings. The molecule has 0 saturated carbocycles. The highest BCUT2D eigenvalue weighted by molar-refractivity contribution is 14.1. The van der Waals surface area contributed by atoms with Crippen molar-refractivity contribution in [2.75, 3.05) is 32.2 Å². The summed E-state index contributed by atoms with van der Waals surface area (Å²) in [5.41, 5.74) is 2.16. The average molecular weight is 610 g/mol. The Morgan fingerprint density at radius 3 is 2.63 bits per heavy atom. The Labute approximate surface area is 220 Å². The van der Waals surface area contributed by atoms with Gasteiger partial charge in [-0.1, -0.05) is 12.1 Å². The number of ether oxygens (including phenoxy) is 3. The number of methoxy groups -OCH3 is 1. The Bertz CT molecular complexity index is 1200. The Morgan fingerprint density at radius 1 is 1.17 bits per heavy atom. The third-order valence-corrected chi connectivity index (χ3v) is 6.38. The van der Waals surface area contributed by atoms with Gasteiger partial charge in [-0.05, 0) is 89.7 Å². The molecule has 1 fully saturated rings. The van der Waals surface area contributed by atoms with Gasteiger partial charge in [0.15, 0.2) is 18.1 Å². The van der Waals surface area contributed by atoms with Gasteiger partial charge in [0, 0.05) is 5.69 Å². The molecule has 0 atom stereocenters. The first kappa shape index (κ1) is 26.5. The minimum absolute atomic E-state index is 0.180. The minimum Gasteiger partial charge on any atom is -0.490 e. The van der Waals surface area contributed by atoms with Gasteiger partial charge in [-0.3, -0.25) is 19.3 Å². The molecule has 0 aliphatic carbocycles. The fourth-order valence-corrected chi connectivity index (χ4v) is 4.74. The maximum Gasteiger partial charge on any atom is 0.343 e. The summed E-state index contributed by atoms with van der Waals surface area (Å²) in [4.78, 5) is 50.3. The highest BCUT2D eigenvalue weighted by Crippen LogP contribution is 2.37. The van der Waals surface area contributed by atoms with Crippen molar-refractivity contribution in [1.82, 2.24) is 4.90 Å². The van der Waals surface area contributed by atoms with Crippen LogP contribution in [0.3, 0.4) is 0 Å². The molecule has 11 heteroatoms. The third-order valence-electron chi connectivity index (χ3n) is 4.67. The van der Waals surface area contributed by atoms with Crippen LogP contribution in [-0.2, 0) is 19.1 Å². The predicted octanol–water partition coefficient (Wildman–Crippen LogP) is 4.23. The van der Waals surface area contributed by atoms with Crippen molar-refractivity contribution in [2.24, 2.45) is 0 Å². The lowest BCUT2D eigenvalue weighted by Gasteiger charge is -2.14. The van der Waals surface area contributed by atoms with E-state index in [4.69, 9.17) is 9.47 Å². The number of carbonyl (C=O) groups excluding carboxylic acids is 4. The zero-order valence-electron chi connectivity index (χ0n) is 19.3. The van der Waals surface area contributed by atoms with Crippen molar-refractivity contribution in [2.45, 2.75) is 13.8 Å². The van der Waals surface area contributed by atoms with Crippen LogP contribution in [0.15, 0.2) is 41.3 Å². The number of amides is 3. The van der Waals surface area contributed by atoms with E-state index in [-0.39, 0.29) is 11.5 Å². The van der Waals surface area contributed by atoms with Gasteiger partial charge in [0.25, 0.3) is 11.1 Å². The van der Waals surface area contributed by atoms with Gasteiger partial charge in [0.2, 0.25) is 5.91 Å². The van der Waals surface area contributed by atoms with E-state index in [1.54, 1.807) is 43.3 Å². The van der Waals surface area contributed by atoms with E-state index in [1.807, 2.05) is 35.6 Å². The van der Waals surface area contributed by atoms with E-state index in [0.29, 0.717) is 32.9 Å². The van der Waals surface area contributed by atoms with Crippen LogP contribution < -0.4 is 14.8 Å². The molecule has 1 heterocycles. The first-order valence-corrected chi connectivity index (χ1v) is 12.4. The molecule has 0 spiro atoms. The summed E-state index contributed by atoms with van der Waals surface area (Å²) in [6, 6.07) is 10.6. The van der Waals surface area contributed by atoms with Crippen molar-refractivity contribution >= 4 is 69.1 Å². The number of anilines is 1. The Balaban J connectivity index is 1.76. The number of thioether (sulfide) groups is 1. The van der Waals surface area contributed by atoms with Crippen LogP contribution in [0.1, 0.15) is 18.1 Å². The minimum atomic E-state index is -0.557. The molecular formula is C24H23IN2O7S. The van der Waals surface area contributed by atoms with Gasteiger partial charge in [-0.2, -0.15) is 0 Å². The summed E-state index contributed by atoms with van der Waals surface area (Å²) in [6.07, 6.45) is 1.55. The summed E-state index contributed by atoms with van der Waals surface area (Å²) in [5, 5.41) is 2.17. The van der Waals surface area contributed by atoms with Gasteiger partial charge in [-0.25, -0.2) is 4.79 Å². The first-order chi connectivity index (χ1) is 16.7. The Morgan fingerprint density at radius 2 is 1.94 bits per heavy atom. The standard InChI is InChI=1S/C24H23IN2O7S/c1-4-33-18-10-15(9-17(25)22(18)34-13-21(29)32-3)11-19-23(30)27(24(31)35-19)12-20(28)26-16-7-5-6-14(2)8-16/h5-11H,4,12-13H2,1-3H3,(H,26,28)/b19-11-. The van der Waals surface area contributed by atoms with Crippen molar-refractivity contribution in [3.05, 3.63) is 56.0 Å². The van der Waals surface area contributed by atoms with Gasteiger partial charge >= 0.3 is 5.97 Å². The first-order valence-electron chi connectivity index (χ1n) is 10.5. The fraction of sp³-hybridized carbons (Fsp3) is 0.250. The summed E-state index contributed by atoms with van der Waals surface area (Å²) < 4.78 is 16.4. The second kappa shape index (κ2) is 12.1. The number of rotatable bonds is 9. The SMILES string of the molecule is CCOc1cc(/C=C2\SC(=O)N(CC(=O)Nc3cccc(C)c3)C2=O)cc(I)c1OCC(=O)OC. The molecule has 0 unspecified atom stereocenters. The maximum atomic E-state index is 12.9. The summed E-state index contributed by atoms with van der Waals surface area (Å²) in [6.45, 7) is 3.37. The second-order valence-electron chi connectivity index (χ2n) is 7.31. The number of hydrogen-bond acceptors (Lipinski definition) is 8. The number of hydrogen-bond donors (Lipinski definition) is 1. The molecule has 2 aromatic carbocycles. The molecule has 1 N–H and O–H groups in total. The smallest absolute Gasteiger partial charge is 0.343 e. The molecule has 0 aromatic heterocycles. The Hall–Kier alpha value is -3.06. The predicted molar refractivity (Wildman–Crippen MR) is 140 cm³/mol. The van der Waals surface area contributed by atoms with Crippen molar-refractivity contribution < 1.29 is 33.4 Å². The molecule has 1 aliphatic rings. The number of halogens is 1. The quantitative estimate of drug-likeness (QED) is 0.255. The molecular weight excluding hydrogens is 587 g/mol. The van der Waals surface area contributed by atoms with Crippen molar-refractivity contribution in [1.29, 1.82) is 0 Å². The van der Waals surface area contributed by atoms with Gasteiger partial charge < -0.3 is 19.5 Å². The normalized spacial score (nSPS) is 14.3. The van der Waals surface area contributed by atoms with E-state index in [0.717, 1.165) is 22.2 Å². The summed E-state index contributed by atoms with van der Waals surface area (Å²) in [5.74, 6) is -0.813. The van der Waals surface area contributed by atoms with E-state index in [9.17, 15) is 19.2 Å². The lowest BCUT2D eigenvalue weighted by molar-refractivity contribution is -0.143. The number of esters is 1. The summed E-state index contributed by atoms with van der Waals surface area (Å²) >= 11 is 2.79. The number of benzene rings is 2. The van der Waals surface area contributed by atoms with Crippen molar-refractivity contribution in [3.8, 4) is 11.5 Å². The lowest BCUT2D eigenvalue weighted by atomic mass is 10.2. The molecule has 3 rings (SSSR count). The number of imide groups is 1. The van der Waals surface area contributed by atoms with Crippen LogP contribution in [-0.4, -0.2) is 54.8 Å². The zero-order valence-corrected chi connectivity index (χ0v) is 22.2. The van der Waals surface area contributed by atoms with Crippen LogP contribution in [0.4, 0.5) is 10.5 Å². The molecule has 3 amide bonds. The molecule has 1 saturated heterocycles. The monoisotopic (exact) mass is 610 g/mol. The maximum absolute atomic E-state index is 12.9. The van der Waals surface area contributed by atoms with Crippen molar-refractivity contribution in [3.63, 3.8) is 0 Å². The summed E-state index contributed by atoms with van der Waals surface area (Å²) in [7, 11) is 1.27. The number of carbonyl (C=O) groups is 4. The average Bonchev–Trinajstić information content (AvgIpc) is 3.05. The van der Waals surface area contributed by atoms with Gasteiger partial charge in [-0.15, -0.1) is 0 Å². The largest absolute Gasteiger partial charge is 0.490 e. The van der Waals surface area contributed by atoms with E-state index in [2.05, 4.69) is 10.1 Å². The highest BCUT2D eigenvalue weighted by Gasteiger charge is 2.36. The number of aryl methyl sites for hydroxylation is 1. The van der Waals surface area contributed by atoms with Crippen LogP contribution in [0.5, 0.6) is 11.5 Å². The topological polar surface area (TPSA) is 111 Å². The molecule has 35 heavy (non-hydrogen) atoms. The molecule has 0 bridgehead atoms. The van der Waals surface area contributed by atoms with E-state index >= 15 is 0 Å². The molecule has 184 valence electrons. The number of nitrogens with zero attached hydrogens (tertiary/aromatic N) is 1. The van der Waals surface area contributed by atoms with Crippen LogP contribution >= 0.6 is 34.4 Å². The van der Waals surface area contributed by atoms with Crippen LogP contribution in [0.25, 0.3) is 6.08 Å². The van der Waals surface area contributed by atoms with Crippen LogP contribution in [0.2, 0.25) is 0 Å².